The van der Waals surface area contributed by atoms with E-state index in [9.17, 15) is 5.26 Å². The van der Waals surface area contributed by atoms with Crippen molar-refractivity contribution < 1.29 is 14.2 Å². The van der Waals surface area contributed by atoms with Crippen LogP contribution in [0.2, 0.25) is 0 Å². The molecule has 8 heteroatoms. The van der Waals surface area contributed by atoms with Crippen molar-refractivity contribution in [3.63, 3.8) is 0 Å². The average molecular weight is 417 g/mol. The van der Waals surface area contributed by atoms with E-state index in [0.717, 1.165) is 24.1 Å². The third kappa shape index (κ3) is 5.27. The van der Waals surface area contributed by atoms with Crippen LogP contribution in [-0.4, -0.2) is 40.9 Å². The molecular formula is C23H23N5O3. The zero-order valence-electron chi connectivity index (χ0n) is 17.2. The molecule has 31 heavy (non-hydrogen) atoms. The smallest absolute Gasteiger partial charge is 0.227 e. The van der Waals surface area contributed by atoms with Crippen molar-refractivity contribution in [2.45, 2.75) is 25.9 Å². The van der Waals surface area contributed by atoms with Gasteiger partial charge in [-0.3, -0.25) is 0 Å². The van der Waals surface area contributed by atoms with Crippen molar-refractivity contribution in [1.29, 1.82) is 5.26 Å². The van der Waals surface area contributed by atoms with Crippen LogP contribution >= 0.6 is 0 Å². The fraction of sp³-hybridized carbons (Fsp3) is 0.304. The Morgan fingerprint density at radius 3 is 2.77 bits per heavy atom. The second-order valence-corrected chi connectivity index (χ2v) is 6.96. The maximum Gasteiger partial charge on any atom is 0.227 e. The first-order valence-corrected chi connectivity index (χ1v) is 10.2. The largest absolute Gasteiger partial charge is 0.489 e. The Morgan fingerprint density at radius 2 is 2.03 bits per heavy atom. The number of aromatic nitrogens is 3. The summed E-state index contributed by atoms with van der Waals surface area (Å²) in [7, 11) is 0. The van der Waals surface area contributed by atoms with E-state index in [-0.39, 0.29) is 6.10 Å². The molecule has 1 fully saturated rings. The van der Waals surface area contributed by atoms with Crippen LogP contribution in [0.4, 0.5) is 11.6 Å². The second kappa shape index (κ2) is 9.87. The fourth-order valence-corrected chi connectivity index (χ4v) is 3.25. The van der Waals surface area contributed by atoms with Crippen molar-refractivity contribution in [1.82, 2.24) is 15.0 Å². The first kappa shape index (κ1) is 20.6. The van der Waals surface area contributed by atoms with Crippen LogP contribution in [0.3, 0.4) is 0 Å². The summed E-state index contributed by atoms with van der Waals surface area (Å²) in [5.74, 6) is 1.59. The number of rotatable bonds is 7. The normalized spacial score (nSPS) is 13.9. The number of hydrogen-bond donors (Lipinski definition) is 1. The number of benzene rings is 1. The SMILES string of the molecule is CCOc1ccc(Nc2nccc(-c3ccc(OC4CCOCC4)c(C#N)c3)n2)cn1. The molecule has 4 rings (SSSR count). The van der Waals surface area contributed by atoms with Crippen molar-refractivity contribution in [2.75, 3.05) is 25.1 Å². The van der Waals surface area contributed by atoms with E-state index in [0.29, 0.717) is 48.7 Å². The van der Waals surface area contributed by atoms with E-state index < -0.39 is 0 Å². The summed E-state index contributed by atoms with van der Waals surface area (Å²) in [6.07, 6.45) is 5.06. The minimum atomic E-state index is 0.0734. The highest BCUT2D eigenvalue weighted by atomic mass is 16.5. The van der Waals surface area contributed by atoms with Gasteiger partial charge in [0.25, 0.3) is 0 Å². The van der Waals surface area contributed by atoms with Gasteiger partial charge in [0.2, 0.25) is 11.8 Å². The number of anilines is 2. The lowest BCUT2D eigenvalue weighted by Gasteiger charge is -2.23. The molecule has 1 aliphatic heterocycles. The molecule has 3 aromatic rings. The van der Waals surface area contributed by atoms with E-state index in [1.165, 1.54) is 0 Å². The minimum Gasteiger partial charge on any atom is -0.489 e. The van der Waals surface area contributed by atoms with Crippen molar-refractivity contribution in [2.24, 2.45) is 0 Å². The van der Waals surface area contributed by atoms with Crippen LogP contribution < -0.4 is 14.8 Å². The predicted octanol–water partition coefficient (Wildman–Crippen LogP) is 4.11. The summed E-state index contributed by atoms with van der Waals surface area (Å²) in [6, 6.07) is 13.2. The van der Waals surface area contributed by atoms with E-state index in [1.54, 1.807) is 30.6 Å². The van der Waals surface area contributed by atoms with Crippen LogP contribution in [0.5, 0.6) is 11.6 Å². The number of ether oxygens (including phenoxy) is 3. The highest BCUT2D eigenvalue weighted by molar-refractivity contribution is 5.65. The summed E-state index contributed by atoms with van der Waals surface area (Å²) < 4.78 is 16.8. The third-order valence-electron chi connectivity index (χ3n) is 4.80. The van der Waals surface area contributed by atoms with Gasteiger partial charge in [-0.2, -0.15) is 5.26 Å². The Morgan fingerprint density at radius 1 is 1.16 bits per heavy atom. The molecule has 1 saturated heterocycles. The molecule has 0 unspecified atom stereocenters. The molecule has 2 aromatic heterocycles. The molecule has 0 bridgehead atoms. The molecule has 0 spiro atoms. The third-order valence-corrected chi connectivity index (χ3v) is 4.80. The van der Waals surface area contributed by atoms with Gasteiger partial charge in [0, 0.05) is 30.7 Å². The van der Waals surface area contributed by atoms with Gasteiger partial charge in [0.05, 0.1) is 43.0 Å². The molecule has 0 aliphatic carbocycles. The molecule has 0 amide bonds. The fourth-order valence-electron chi connectivity index (χ4n) is 3.25. The first-order valence-electron chi connectivity index (χ1n) is 10.2. The Kier molecular flexibility index (Phi) is 6.55. The van der Waals surface area contributed by atoms with E-state index in [1.807, 2.05) is 25.1 Å². The second-order valence-electron chi connectivity index (χ2n) is 6.96. The molecule has 1 aliphatic rings. The molecule has 1 aromatic carbocycles. The lowest BCUT2D eigenvalue weighted by molar-refractivity contribution is 0.0254. The number of nitriles is 1. The zero-order valence-corrected chi connectivity index (χ0v) is 17.2. The Hall–Kier alpha value is -3.70. The van der Waals surface area contributed by atoms with Crippen LogP contribution in [0.25, 0.3) is 11.3 Å². The first-order chi connectivity index (χ1) is 15.2. The minimum absolute atomic E-state index is 0.0734. The Balaban J connectivity index is 1.50. The van der Waals surface area contributed by atoms with Gasteiger partial charge in [-0.15, -0.1) is 0 Å². The Labute approximate surface area is 180 Å². The highest BCUT2D eigenvalue weighted by Crippen LogP contribution is 2.28. The molecule has 1 N–H and O–H groups in total. The van der Waals surface area contributed by atoms with E-state index in [2.05, 4.69) is 26.3 Å². The monoisotopic (exact) mass is 417 g/mol. The molecule has 8 nitrogen and oxygen atoms in total. The summed E-state index contributed by atoms with van der Waals surface area (Å²) in [4.78, 5) is 13.1. The molecule has 0 atom stereocenters. The van der Waals surface area contributed by atoms with Gasteiger partial charge < -0.3 is 19.5 Å². The standard InChI is InChI=1S/C23H23N5O3/c1-2-30-22-6-4-18(15-26-22)27-23-25-10-7-20(28-23)16-3-5-21(17(13-16)14-24)31-19-8-11-29-12-9-19/h3-7,10,13,15,19H,2,8-9,11-12H2,1H3,(H,25,27,28). The van der Waals surface area contributed by atoms with Crippen molar-refractivity contribution in [3.05, 3.63) is 54.4 Å². The van der Waals surface area contributed by atoms with E-state index in [4.69, 9.17) is 14.2 Å². The summed E-state index contributed by atoms with van der Waals surface area (Å²) in [5, 5.41) is 12.7. The zero-order chi connectivity index (χ0) is 21.5. The highest BCUT2D eigenvalue weighted by Gasteiger charge is 2.17. The van der Waals surface area contributed by atoms with E-state index >= 15 is 0 Å². The van der Waals surface area contributed by atoms with Gasteiger partial charge in [-0.05, 0) is 37.3 Å². The Bertz CT molecular complexity index is 1060. The maximum absolute atomic E-state index is 9.61. The van der Waals surface area contributed by atoms with Crippen LogP contribution in [0.1, 0.15) is 25.3 Å². The summed E-state index contributed by atoms with van der Waals surface area (Å²) in [5.41, 5.74) is 2.74. The average Bonchev–Trinajstić information content (AvgIpc) is 2.82. The van der Waals surface area contributed by atoms with Gasteiger partial charge in [0.15, 0.2) is 0 Å². The molecule has 3 heterocycles. The van der Waals surface area contributed by atoms with Gasteiger partial charge in [-0.1, -0.05) is 0 Å². The molecule has 0 saturated carbocycles. The predicted molar refractivity (Wildman–Crippen MR) is 115 cm³/mol. The maximum atomic E-state index is 9.61. The van der Waals surface area contributed by atoms with Crippen LogP contribution in [0, 0.1) is 11.3 Å². The van der Waals surface area contributed by atoms with Crippen LogP contribution in [-0.2, 0) is 4.74 Å². The van der Waals surface area contributed by atoms with Gasteiger partial charge in [0.1, 0.15) is 17.9 Å². The lowest BCUT2D eigenvalue weighted by atomic mass is 10.1. The molecule has 0 radical (unpaired) electrons. The quantitative estimate of drug-likeness (QED) is 0.613. The summed E-state index contributed by atoms with van der Waals surface area (Å²) in [6.45, 7) is 3.85. The van der Waals surface area contributed by atoms with Crippen molar-refractivity contribution >= 4 is 11.6 Å². The van der Waals surface area contributed by atoms with Crippen molar-refractivity contribution in [3.8, 4) is 29.0 Å². The number of nitrogens with zero attached hydrogens (tertiary/aromatic N) is 4. The van der Waals surface area contributed by atoms with Gasteiger partial charge in [-0.25, -0.2) is 15.0 Å². The topological polar surface area (TPSA) is 102 Å². The lowest BCUT2D eigenvalue weighted by Crippen LogP contribution is -2.26. The molecule has 158 valence electrons. The molecular weight excluding hydrogens is 394 g/mol. The number of pyridine rings is 1. The van der Waals surface area contributed by atoms with Gasteiger partial charge >= 0.3 is 0 Å². The number of hydrogen-bond acceptors (Lipinski definition) is 8. The summed E-state index contributed by atoms with van der Waals surface area (Å²) >= 11 is 0. The van der Waals surface area contributed by atoms with Crippen LogP contribution in [0.15, 0.2) is 48.8 Å². The number of nitrogens with one attached hydrogen (secondary N) is 1.